The number of aromatic nitrogens is 4. The van der Waals surface area contributed by atoms with Gasteiger partial charge in [0, 0.05) is 12.0 Å². The highest BCUT2D eigenvalue weighted by atomic mass is 16.6. The van der Waals surface area contributed by atoms with Crippen LogP contribution in [0, 0.1) is 0 Å². The molecule has 6 rings (SSSR count). The Bertz CT molecular complexity index is 1820. The van der Waals surface area contributed by atoms with E-state index in [-0.39, 0.29) is 30.1 Å². The van der Waals surface area contributed by atoms with E-state index in [4.69, 9.17) is 14.2 Å². The predicted molar refractivity (Wildman–Crippen MR) is 153 cm³/mol. The number of anilines is 1. The zero-order valence-electron chi connectivity index (χ0n) is 22.6. The lowest BCUT2D eigenvalue weighted by molar-refractivity contribution is -0.0563. The quantitative estimate of drug-likeness (QED) is 0.262. The van der Waals surface area contributed by atoms with E-state index in [0.29, 0.717) is 16.7 Å². The van der Waals surface area contributed by atoms with Crippen LogP contribution < -0.4 is 10.9 Å². The smallest absolute Gasteiger partial charge is 0.338 e. The van der Waals surface area contributed by atoms with Crippen LogP contribution in [0.4, 0.5) is 5.95 Å². The normalized spacial score (nSPS) is 17.8. The van der Waals surface area contributed by atoms with Crippen molar-refractivity contribution < 1.29 is 28.6 Å². The van der Waals surface area contributed by atoms with Gasteiger partial charge in [0.05, 0.1) is 17.5 Å². The molecule has 3 atom stereocenters. The van der Waals surface area contributed by atoms with Crippen molar-refractivity contribution >= 4 is 35.0 Å². The van der Waals surface area contributed by atoms with Crippen LogP contribution in [-0.4, -0.2) is 56.2 Å². The van der Waals surface area contributed by atoms with E-state index in [9.17, 15) is 19.2 Å². The lowest BCUT2D eigenvalue weighted by Crippen LogP contribution is -2.32. The molecule has 0 unspecified atom stereocenters. The number of fused-ring (bicyclic) bond motifs is 1. The topological polar surface area (TPSA) is 155 Å². The number of esters is 2. The molecule has 1 saturated heterocycles. The first-order chi connectivity index (χ1) is 21.0. The molecule has 2 N–H and O–H groups in total. The molecule has 12 heteroatoms. The summed E-state index contributed by atoms with van der Waals surface area (Å²) in [6.45, 7) is -0.198. The first kappa shape index (κ1) is 27.5. The van der Waals surface area contributed by atoms with Crippen LogP contribution in [0.25, 0.3) is 11.2 Å². The molecule has 0 aliphatic carbocycles. The average Bonchev–Trinajstić information content (AvgIpc) is 3.65. The van der Waals surface area contributed by atoms with Crippen LogP contribution in [0.1, 0.15) is 43.7 Å². The van der Waals surface area contributed by atoms with E-state index in [1.54, 1.807) is 91.0 Å². The second kappa shape index (κ2) is 12.1. The molecule has 0 spiro atoms. The summed E-state index contributed by atoms with van der Waals surface area (Å²) in [6, 6.07) is 25.4. The van der Waals surface area contributed by atoms with Gasteiger partial charge in [-0.05, 0) is 36.4 Å². The van der Waals surface area contributed by atoms with Gasteiger partial charge in [0.25, 0.3) is 11.5 Å². The van der Waals surface area contributed by atoms with E-state index >= 15 is 0 Å². The number of amides is 1. The fourth-order valence-corrected chi connectivity index (χ4v) is 4.71. The first-order valence-electron chi connectivity index (χ1n) is 13.4. The van der Waals surface area contributed by atoms with Gasteiger partial charge in [0.2, 0.25) is 5.95 Å². The van der Waals surface area contributed by atoms with Crippen molar-refractivity contribution in [1.29, 1.82) is 0 Å². The van der Waals surface area contributed by atoms with E-state index in [2.05, 4.69) is 20.3 Å². The number of carbonyl (C=O) groups is 3. The SMILES string of the molecule is O=C(Nc1nc2c(ncn2[C@H]2C[C@H](OC(=O)c3ccccc3)[C@@H](COC(=O)c3ccccc3)O2)c(=O)[nH]1)c1ccccc1. The molecule has 1 aliphatic rings. The maximum Gasteiger partial charge on any atom is 0.338 e. The molecule has 2 aromatic heterocycles. The third-order valence-corrected chi connectivity index (χ3v) is 6.85. The number of carbonyl (C=O) groups excluding carboxylic acids is 3. The number of rotatable bonds is 8. The molecule has 0 saturated carbocycles. The maximum absolute atomic E-state index is 12.9. The second-order valence-corrected chi connectivity index (χ2v) is 9.70. The van der Waals surface area contributed by atoms with Gasteiger partial charge in [-0.3, -0.25) is 24.5 Å². The van der Waals surface area contributed by atoms with Crippen molar-refractivity contribution in [3.05, 3.63) is 124 Å². The largest absolute Gasteiger partial charge is 0.459 e. The van der Waals surface area contributed by atoms with Crippen molar-refractivity contribution in [1.82, 2.24) is 19.5 Å². The third-order valence-electron chi connectivity index (χ3n) is 6.85. The summed E-state index contributed by atoms with van der Waals surface area (Å²) < 4.78 is 19.0. The van der Waals surface area contributed by atoms with E-state index in [1.165, 1.54) is 10.9 Å². The van der Waals surface area contributed by atoms with Gasteiger partial charge in [0.15, 0.2) is 11.2 Å². The fraction of sp³-hybridized carbons (Fsp3) is 0.161. The Morgan fingerprint density at radius 1 is 0.884 bits per heavy atom. The van der Waals surface area contributed by atoms with Gasteiger partial charge in [0.1, 0.15) is 25.0 Å². The minimum Gasteiger partial charge on any atom is -0.459 e. The summed E-state index contributed by atoms with van der Waals surface area (Å²) in [6.07, 6.45) is -0.891. The van der Waals surface area contributed by atoms with Crippen LogP contribution in [0.5, 0.6) is 0 Å². The molecule has 3 aromatic carbocycles. The minimum atomic E-state index is -0.831. The van der Waals surface area contributed by atoms with E-state index in [1.807, 2.05) is 0 Å². The van der Waals surface area contributed by atoms with Crippen LogP contribution in [0.2, 0.25) is 0 Å². The number of nitrogens with zero attached hydrogens (tertiary/aromatic N) is 3. The molecule has 1 fully saturated rings. The van der Waals surface area contributed by atoms with Gasteiger partial charge in [-0.15, -0.1) is 0 Å². The van der Waals surface area contributed by atoms with Crippen molar-refractivity contribution in [3.8, 4) is 0 Å². The molecule has 43 heavy (non-hydrogen) atoms. The molecule has 12 nitrogen and oxygen atoms in total. The standard InChI is InChI=1S/C31H25N5O7/c37-27(19-10-4-1-5-11-19)34-31-33-26-25(28(38)35-31)32-18-36(26)24-16-22(43-30(40)21-14-8-3-9-15-21)23(42-24)17-41-29(39)20-12-6-2-7-13-20/h1-15,18,22-24H,16-17H2,(H2,33,34,35,37,38)/t22-,23+,24+/m0/s1. The summed E-state index contributed by atoms with van der Waals surface area (Å²) in [5.74, 6) is -1.66. The lowest BCUT2D eigenvalue weighted by Gasteiger charge is -2.19. The molecular weight excluding hydrogens is 554 g/mol. The highest BCUT2D eigenvalue weighted by molar-refractivity contribution is 6.03. The zero-order chi connectivity index (χ0) is 29.8. The van der Waals surface area contributed by atoms with Crippen LogP contribution in [0.15, 0.2) is 102 Å². The van der Waals surface area contributed by atoms with Gasteiger partial charge in [-0.25, -0.2) is 14.6 Å². The molecular formula is C31H25N5O7. The zero-order valence-corrected chi connectivity index (χ0v) is 22.6. The summed E-state index contributed by atoms with van der Waals surface area (Å²) >= 11 is 0. The summed E-state index contributed by atoms with van der Waals surface area (Å²) in [4.78, 5) is 62.1. The van der Waals surface area contributed by atoms with Crippen molar-refractivity contribution in [2.45, 2.75) is 24.9 Å². The summed E-state index contributed by atoms with van der Waals surface area (Å²) in [5.41, 5.74) is 0.708. The van der Waals surface area contributed by atoms with Crippen molar-refractivity contribution in [2.24, 2.45) is 0 Å². The van der Waals surface area contributed by atoms with Crippen molar-refractivity contribution in [2.75, 3.05) is 11.9 Å². The van der Waals surface area contributed by atoms with Gasteiger partial charge >= 0.3 is 11.9 Å². The number of benzene rings is 3. The Kier molecular flexibility index (Phi) is 7.74. The first-order valence-corrected chi connectivity index (χ1v) is 13.4. The molecule has 1 aliphatic heterocycles. The number of nitrogens with one attached hydrogen (secondary N) is 2. The monoisotopic (exact) mass is 579 g/mol. The Morgan fingerprint density at radius 2 is 1.49 bits per heavy atom. The maximum atomic E-state index is 12.9. The lowest BCUT2D eigenvalue weighted by atomic mass is 10.1. The van der Waals surface area contributed by atoms with Crippen molar-refractivity contribution in [3.63, 3.8) is 0 Å². The minimum absolute atomic E-state index is 0.0260. The highest BCUT2D eigenvalue weighted by Gasteiger charge is 2.41. The molecule has 0 radical (unpaired) electrons. The molecule has 3 heterocycles. The van der Waals surface area contributed by atoms with Gasteiger partial charge in [-0.1, -0.05) is 54.6 Å². The van der Waals surface area contributed by atoms with Crippen LogP contribution >= 0.6 is 0 Å². The Labute approximate surface area is 244 Å². The van der Waals surface area contributed by atoms with E-state index in [0.717, 1.165) is 0 Å². The van der Waals surface area contributed by atoms with Gasteiger partial charge in [-0.2, -0.15) is 4.98 Å². The molecule has 0 bridgehead atoms. The predicted octanol–water partition coefficient (Wildman–Crippen LogP) is 3.74. The molecule has 1 amide bonds. The number of ether oxygens (including phenoxy) is 3. The number of H-pyrrole nitrogens is 1. The Balaban J connectivity index is 1.25. The van der Waals surface area contributed by atoms with E-state index < -0.39 is 41.8 Å². The summed E-state index contributed by atoms with van der Waals surface area (Å²) in [5, 5.41) is 2.59. The Morgan fingerprint density at radius 3 is 2.14 bits per heavy atom. The third kappa shape index (κ3) is 6.04. The number of hydrogen-bond donors (Lipinski definition) is 2. The number of imidazole rings is 1. The summed E-state index contributed by atoms with van der Waals surface area (Å²) in [7, 11) is 0. The highest BCUT2D eigenvalue weighted by Crippen LogP contribution is 2.33. The average molecular weight is 580 g/mol. The fourth-order valence-electron chi connectivity index (χ4n) is 4.71. The number of aromatic amines is 1. The van der Waals surface area contributed by atoms with Gasteiger partial charge < -0.3 is 14.2 Å². The second-order valence-electron chi connectivity index (χ2n) is 9.70. The molecule has 5 aromatic rings. The van der Waals surface area contributed by atoms with Crippen LogP contribution in [-0.2, 0) is 14.2 Å². The Hall–Kier alpha value is -5.62. The van der Waals surface area contributed by atoms with Crippen LogP contribution in [0.3, 0.4) is 0 Å². The molecule has 216 valence electrons. The number of hydrogen-bond acceptors (Lipinski definition) is 9.